The molecule has 0 bridgehead atoms. The van der Waals surface area contributed by atoms with Crippen LogP contribution in [0.15, 0.2) is 0 Å². The average Bonchev–Trinajstić information content (AvgIpc) is 2.39. The largest absolute Gasteiger partial charge is 0.375 e. The molecule has 3 heteroatoms. The average molecular weight is 282 g/mol. The maximum atomic E-state index is 6.11. The molecule has 20 heavy (non-hydrogen) atoms. The molecule has 1 heterocycles. The van der Waals surface area contributed by atoms with Crippen LogP contribution in [0.25, 0.3) is 0 Å². The first-order valence-electron chi connectivity index (χ1n) is 8.55. The smallest absolute Gasteiger partial charge is 0.0685 e. The van der Waals surface area contributed by atoms with Crippen molar-refractivity contribution in [1.82, 2.24) is 10.2 Å². The third kappa shape index (κ3) is 2.90. The van der Waals surface area contributed by atoms with E-state index in [1.165, 1.54) is 32.1 Å². The molecule has 2 atom stereocenters. The highest BCUT2D eigenvalue weighted by molar-refractivity contribution is 5.02. The van der Waals surface area contributed by atoms with Gasteiger partial charge in [0.1, 0.15) is 0 Å². The number of ether oxygens (including phenoxy) is 1. The summed E-state index contributed by atoms with van der Waals surface area (Å²) in [7, 11) is 2.14. The third-order valence-electron chi connectivity index (χ3n) is 5.92. The Balaban J connectivity index is 2.10. The molecule has 3 nitrogen and oxygen atoms in total. The minimum Gasteiger partial charge on any atom is -0.375 e. The Bertz CT molecular complexity index is 308. The lowest BCUT2D eigenvalue weighted by Gasteiger charge is -2.53. The SMILES string of the molecule is CCN(CC)C(C)(C)C(NC)C1CCOC2(CCC2)C1. The van der Waals surface area contributed by atoms with Gasteiger partial charge in [-0.05, 0) is 72.0 Å². The van der Waals surface area contributed by atoms with Crippen LogP contribution in [-0.2, 0) is 4.74 Å². The van der Waals surface area contributed by atoms with Crippen molar-refractivity contribution < 1.29 is 4.74 Å². The number of rotatable bonds is 6. The summed E-state index contributed by atoms with van der Waals surface area (Å²) in [6.45, 7) is 12.6. The molecular formula is C17H34N2O. The molecular weight excluding hydrogens is 248 g/mol. The van der Waals surface area contributed by atoms with Crippen LogP contribution in [-0.4, -0.2) is 48.8 Å². The zero-order valence-electron chi connectivity index (χ0n) is 14.2. The van der Waals surface area contributed by atoms with Gasteiger partial charge in [0.2, 0.25) is 0 Å². The molecule has 1 saturated carbocycles. The molecule has 2 rings (SSSR count). The van der Waals surface area contributed by atoms with Crippen LogP contribution in [0.1, 0.15) is 59.8 Å². The molecule has 1 aliphatic heterocycles. The number of likely N-dealkylation sites (N-methyl/N-ethyl adjacent to an activating group) is 2. The Hall–Kier alpha value is -0.120. The van der Waals surface area contributed by atoms with Gasteiger partial charge in [0, 0.05) is 18.2 Å². The van der Waals surface area contributed by atoms with Gasteiger partial charge in [-0.3, -0.25) is 4.90 Å². The molecule has 0 aromatic rings. The lowest BCUT2D eigenvalue weighted by Crippen LogP contribution is -2.62. The minimum atomic E-state index is 0.200. The first-order valence-corrected chi connectivity index (χ1v) is 8.55. The summed E-state index contributed by atoms with van der Waals surface area (Å²) < 4.78 is 6.11. The highest BCUT2D eigenvalue weighted by Gasteiger charge is 2.47. The molecule has 2 unspecified atom stereocenters. The second kappa shape index (κ2) is 6.33. The molecule has 0 amide bonds. The van der Waals surface area contributed by atoms with Crippen LogP contribution in [0.3, 0.4) is 0 Å². The van der Waals surface area contributed by atoms with Gasteiger partial charge in [-0.15, -0.1) is 0 Å². The second-order valence-corrected chi connectivity index (χ2v) is 7.23. The zero-order valence-corrected chi connectivity index (χ0v) is 14.2. The second-order valence-electron chi connectivity index (χ2n) is 7.23. The van der Waals surface area contributed by atoms with Crippen molar-refractivity contribution in [3.8, 4) is 0 Å². The van der Waals surface area contributed by atoms with Gasteiger partial charge >= 0.3 is 0 Å². The zero-order chi connectivity index (χ0) is 14.8. The van der Waals surface area contributed by atoms with E-state index in [1.807, 2.05) is 0 Å². The van der Waals surface area contributed by atoms with Gasteiger partial charge in [0.15, 0.2) is 0 Å². The van der Waals surface area contributed by atoms with Crippen molar-refractivity contribution >= 4 is 0 Å². The molecule has 1 saturated heterocycles. The van der Waals surface area contributed by atoms with E-state index in [4.69, 9.17) is 4.74 Å². The highest BCUT2D eigenvalue weighted by atomic mass is 16.5. The van der Waals surface area contributed by atoms with Crippen molar-refractivity contribution in [2.24, 2.45) is 5.92 Å². The summed E-state index contributed by atoms with van der Waals surface area (Å²) in [6.07, 6.45) is 6.38. The fourth-order valence-electron chi connectivity index (χ4n) is 4.67. The summed E-state index contributed by atoms with van der Waals surface area (Å²) in [6, 6.07) is 0.545. The Labute approximate surface area is 125 Å². The van der Waals surface area contributed by atoms with E-state index >= 15 is 0 Å². The van der Waals surface area contributed by atoms with Crippen LogP contribution >= 0.6 is 0 Å². The van der Waals surface area contributed by atoms with Gasteiger partial charge < -0.3 is 10.1 Å². The summed E-state index contributed by atoms with van der Waals surface area (Å²) >= 11 is 0. The van der Waals surface area contributed by atoms with Crippen molar-refractivity contribution in [2.75, 3.05) is 26.7 Å². The number of nitrogens with zero attached hydrogens (tertiary/aromatic N) is 1. The summed E-state index contributed by atoms with van der Waals surface area (Å²) in [5.41, 5.74) is 0.447. The van der Waals surface area contributed by atoms with Crippen LogP contribution in [0, 0.1) is 5.92 Å². The van der Waals surface area contributed by atoms with Crippen molar-refractivity contribution in [1.29, 1.82) is 0 Å². The normalized spacial score (nSPS) is 27.6. The minimum absolute atomic E-state index is 0.200. The first kappa shape index (κ1) is 16.3. The van der Waals surface area contributed by atoms with Gasteiger partial charge in [-0.2, -0.15) is 0 Å². The molecule has 0 aromatic carbocycles. The Morgan fingerprint density at radius 1 is 1.30 bits per heavy atom. The standard InChI is InChI=1S/C17H34N2O/c1-6-19(7-2)16(3,4)15(18-5)14-9-12-20-17(13-14)10-8-11-17/h14-15,18H,6-13H2,1-5H3. The van der Waals surface area contributed by atoms with Crippen LogP contribution < -0.4 is 5.32 Å². The van der Waals surface area contributed by atoms with Crippen LogP contribution in [0.2, 0.25) is 0 Å². The Morgan fingerprint density at radius 2 is 1.95 bits per heavy atom. The number of hydrogen-bond donors (Lipinski definition) is 1. The molecule has 1 aliphatic carbocycles. The molecule has 1 N–H and O–H groups in total. The van der Waals surface area contributed by atoms with E-state index in [0.29, 0.717) is 6.04 Å². The predicted molar refractivity (Wildman–Crippen MR) is 85.1 cm³/mol. The maximum absolute atomic E-state index is 6.11. The summed E-state index contributed by atoms with van der Waals surface area (Å²) in [4.78, 5) is 2.59. The Kier molecular flexibility index (Phi) is 5.14. The maximum Gasteiger partial charge on any atom is 0.0685 e. The van der Waals surface area contributed by atoms with Crippen LogP contribution in [0.5, 0.6) is 0 Å². The van der Waals surface area contributed by atoms with E-state index in [9.17, 15) is 0 Å². The highest BCUT2D eigenvalue weighted by Crippen LogP contribution is 2.46. The fourth-order valence-corrected chi connectivity index (χ4v) is 4.67. The van der Waals surface area contributed by atoms with E-state index in [-0.39, 0.29) is 11.1 Å². The lowest BCUT2D eigenvalue weighted by atomic mass is 9.68. The van der Waals surface area contributed by atoms with Crippen LogP contribution in [0.4, 0.5) is 0 Å². The Morgan fingerprint density at radius 3 is 2.40 bits per heavy atom. The van der Waals surface area contributed by atoms with E-state index < -0.39 is 0 Å². The third-order valence-corrected chi connectivity index (χ3v) is 5.92. The quantitative estimate of drug-likeness (QED) is 0.810. The molecule has 2 fully saturated rings. The molecule has 0 aromatic heterocycles. The fraction of sp³-hybridized carbons (Fsp3) is 1.00. The number of hydrogen-bond acceptors (Lipinski definition) is 3. The predicted octanol–water partition coefficient (Wildman–Crippen LogP) is 3.04. The van der Waals surface area contributed by atoms with Gasteiger partial charge in [0.25, 0.3) is 0 Å². The number of nitrogens with one attached hydrogen (secondary N) is 1. The topological polar surface area (TPSA) is 24.5 Å². The van der Waals surface area contributed by atoms with Crippen molar-refractivity contribution in [3.63, 3.8) is 0 Å². The first-order chi connectivity index (χ1) is 9.49. The lowest BCUT2D eigenvalue weighted by molar-refractivity contribution is -0.152. The molecule has 0 radical (unpaired) electrons. The molecule has 1 spiro atoms. The van der Waals surface area contributed by atoms with E-state index in [1.54, 1.807) is 0 Å². The van der Waals surface area contributed by atoms with Gasteiger partial charge in [-0.1, -0.05) is 13.8 Å². The van der Waals surface area contributed by atoms with E-state index in [2.05, 4.69) is 45.0 Å². The van der Waals surface area contributed by atoms with Gasteiger partial charge in [-0.25, -0.2) is 0 Å². The van der Waals surface area contributed by atoms with Gasteiger partial charge in [0.05, 0.1) is 5.60 Å². The molecule has 118 valence electrons. The molecule has 2 aliphatic rings. The van der Waals surface area contributed by atoms with Crippen molar-refractivity contribution in [3.05, 3.63) is 0 Å². The summed E-state index contributed by atoms with van der Waals surface area (Å²) in [5, 5.41) is 3.65. The summed E-state index contributed by atoms with van der Waals surface area (Å²) in [5.74, 6) is 0.740. The van der Waals surface area contributed by atoms with Crippen molar-refractivity contribution in [2.45, 2.75) is 77.0 Å². The monoisotopic (exact) mass is 282 g/mol. The van der Waals surface area contributed by atoms with E-state index in [0.717, 1.165) is 25.6 Å².